The molecule has 2 unspecified atom stereocenters. The number of oxazole rings is 1. The first-order chi connectivity index (χ1) is 9.04. The molecule has 5 nitrogen and oxygen atoms in total. The summed E-state index contributed by atoms with van der Waals surface area (Å²) in [6.07, 6.45) is 0.746. The Morgan fingerprint density at radius 1 is 1.58 bits per heavy atom. The molecule has 100 valence electrons. The van der Waals surface area contributed by atoms with Crippen LogP contribution in [0.25, 0.3) is 11.1 Å². The summed E-state index contributed by atoms with van der Waals surface area (Å²) in [6.45, 7) is 2.55. The number of nitrogens with zero attached hydrogens (tertiary/aromatic N) is 2. The standard InChI is InChI=1S/C14H16N2O3/c1-8-15-11-4-3-9(5-13(11)19-8)7-16(2)12-6-10(12)14(17)18/h3-5,10,12H,6-7H2,1-2H3,(H,17,18). The summed E-state index contributed by atoms with van der Waals surface area (Å²) >= 11 is 0. The van der Waals surface area contributed by atoms with Gasteiger partial charge in [-0.15, -0.1) is 0 Å². The van der Waals surface area contributed by atoms with E-state index in [-0.39, 0.29) is 12.0 Å². The van der Waals surface area contributed by atoms with Crippen molar-refractivity contribution in [1.29, 1.82) is 0 Å². The fourth-order valence-corrected chi connectivity index (χ4v) is 2.52. The molecule has 1 saturated carbocycles. The van der Waals surface area contributed by atoms with Crippen LogP contribution < -0.4 is 0 Å². The van der Waals surface area contributed by atoms with E-state index >= 15 is 0 Å². The summed E-state index contributed by atoms with van der Waals surface area (Å²) in [5, 5.41) is 8.93. The van der Waals surface area contributed by atoms with Crippen LogP contribution >= 0.6 is 0 Å². The van der Waals surface area contributed by atoms with Crippen LogP contribution in [-0.4, -0.2) is 34.0 Å². The summed E-state index contributed by atoms with van der Waals surface area (Å²) in [5.41, 5.74) is 2.76. The molecule has 1 aliphatic carbocycles. The molecule has 1 aromatic carbocycles. The number of hydrogen-bond donors (Lipinski definition) is 1. The molecular formula is C14H16N2O3. The smallest absolute Gasteiger partial charge is 0.308 e. The van der Waals surface area contributed by atoms with Crippen molar-refractivity contribution in [3.05, 3.63) is 29.7 Å². The van der Waals surface area contributed by atoms with E-state index in [1.165, 1.54) is 0 Å². The van der Waals surface area contributed by atoms with E-state index in [9.17, 15) is 4.79 Å². The van der Waals surface area contributed by atoms with E-state index in [1.54, 1.807) is 0 Å². The normalized spacial score (nSPS) is 22.1. The highest BCUT2D eigenvalue weighted by molar-refractivity contribution is 5.74. The number of hydrogen-bond acceptors (Lipinski definition) is 4. The zero-order valence-electron chi connectivity index (χ0n) is 11.0. The fraction of sp³-hybridized carbons (Fsp3) is 0.429. The lowest BCUT2D eigenvalue weighted by Gasteiger charge is -2.16. The number of aryl methyl sites for hydroxylation is 1. The lowest BCUT2D eigenvalue weighted by Crippen LogP contribution is -2.23. The maximum absolute atomic E-state index is 10.9. The van der Waals surface area contributed by atoms with E-state index in [1.807, 2.05) is 32.2 Å². The van der Waals surface area contributed by atoms with Gasteiger partial charge >= 0.3 is 5.97 Å². The van der Waals surface area contributed by atoms with Crippen LogP contribution in [0.2, 0.25) is 0 Å². The van der Waals surface area contributed by atoms with Gasteiger partial charge in [0.25, 0.3) is 0 Å². The average Bonchev–Trinajstić information content (AvgIpc) is 3.06. The van der Waals surface area contributed by atoms with Crippen LogP contribution in [0.4, 0.5) is 0 Å². The Hall–Kier alpha value is -1.88. The molecule has 0 bridgehead atoms. The Labute approximate surface area is 110 Å². The van der Waals surface area contributed by atoms with Crippen molar-refractivity contribution in [1.82, 2.24) is 9.88 Å². The minimum absolute atomic E-state index is 0.157. The van der Waals surface area contributed by atoms with Crippen molar-refractivity contribution in [2.75, 3.05) is 7.05 Å². The molecule has 5 heteroatoms. The lowest BCUT2D eigenvalue weighted by atomic mass is 10.2. The molecule has 1 aliphatic rings. The second-order valence-electron chi connectivity index (χ2n) is 5.20. The molecule has 19 heavy (non-hydrogen) atoms. The van der Waals surface area contributed by atoms with E-state index in [2.05, 4.69) is 9.88 Å². The predicted octanol–water partition coefficient (Wildman–Crippen LogP) is 2.04. The molecule has 3 rings (SSSR count). The van der Waals surface area contributed by atoms with Gasteiger partial charge in [0.05, 0.1) is 5.92 Å². The predicted molar refractivity (Wildman–Crippen MR) is 69.7 cm³/mol. The van der Waals surface area contributed by atoms with Gasteiger partial charge in [-0.05, 0) is 31.2 Å². The van der Waals surface area contributed by atoms with E-state index in [0.29, 0.717) is 5.89 Å². The van der Waals surface area contributed by atoms with Gasteiger partial charge in [0, 0.05) is 19.5 Å². The Kier molecular flexibility index (Phi) is 2.78. The lowest BCUT2D eigenvalue weighted by molar-refractivity contribution is -0.138. The maximum Gasteiger partial charge on any atom is 0.308 e. The zero-order chi connectivity index (χ0) is 13.6. The van der Waals surface area contributed by atoms with E-state index in [4.69, 9.17) is 9.52 Å². The minimum atomic E-state index is -0.696. The summed E-state index contributed by atoms with van der Waals surface area (Å²) in [6, 6.07) is 6.09. The van der Waals surface area contributed by atoms with E-state index < -0.39 is 5.97 Å². The Morgan fingerprint density at radius 2 is 2.37 bits per heavy atom. The molecule has 2 aromatic rings. The van der Waals surface area contributed by atoms with Crippen molar-refractivity contribution in [3.8, 4) is 0 Å². The first-order valence-corrected chi connectivity index (χ1v) is 6.33. The van der Waals surface area contributed by atoms with Crippen LogP contribution in [0.5, 0.6) is 0 Å². The minimum Gasteiger partial charge on any atom is -0.481 e. The molecule has 0 amide bonds. The third kappa shape index (κ3) is 2.33. The van der Waals surface area contributed by atoms with Gasteiger partial charge in [-0.25, -0.2) is 4.98 Å². The zero-order valence-corrected chi connectivity index (χ0v) is 11.0. The summed E-state index contributed by atoms with van der Waals surface area (Å²) < 4.78 is 5.50. The molecule has 0 spiro atoms. The van der Waals surface area contributed by atoms with Crippen molar-refractivity contribution < 1.29 is 14.3 Å². The summed E-state index contributed by atoms with van der Waals surface area (Å²) in [7, 11) is 1.96. The van der Waals surface area contributed by atoms with Gasteiger partial charge in [-0.3, -0.25) is 9.69 Å². The third-order valence-electron chi connectivity index (χ3n) is 3.63. The number of carbonyl (C=O) groups is 1. The number of benzene rings is 1. The number of carboxylic acids is 1. The van der Waals surface area contributed by atoms with Gasteiger partial charge in [0.1, 0.15) is 5.52 Å². The molecule has 1 aromatic heterocycles. The second kappa shape index (κ2) is 4.35. The Balaban J connectivity index is 1.73. The van der Waals surface area contributed by atoms with Crippen LogP contribution in [0.1, 0.15) is 17.9 Å². The van der Waals surface area contributed by atoms with Crippen molar-refractivity contribution in [3.63, 3.8) is 0 Å². The van der Waals surface area contributed by atoms with Crippen LogP contribution in [0.3, 0.4) is 0 Å². The Bertz CT molecular complexity index is 635. The number of aliphatic carboxylic acids is 1. The number of carboxylic acid groups (broad SMARTS) is 1. The number of aromatic nitrogens is 1. The highest BCUT2D eigenvalue weighted by atomic mass is 16.4. The van der Waals surface area contributed by atoms with Crippen molar-refractivity contribution in [2.24, 2.45) is 5.92 Å². The van der Waals surface area contributed by atoms with Gasteiger partial charge < -0.3 is 9.52 Å². The van der Waals surface area contributed by atoms with Crippen LogP contribution in [-0.2, 0) is 11.3 Å². The monoisotopic (exact) mass is 260 g/mol. The molecule has 0 aliphatic heterocycles. The fourth-order valence-electron chi connectivity index (χ4n) is 2.52. The maximum atomic E-state index is 10.9. The van der Waals surface area contributed by atoms with Gasteiger partial charge in [-0.1, -0.05) is 6.07 Å². The average molecular weight is 260 g/mol. The molecule has 0 radical (unpaired) electrons. The van der Waals surface area contributed by atoms with Crippen molar-refractivity contribution >= 4 is 17.1 Å². The topological polar surface area (TPSA) is 66.6 Å². The molecule has 1 heterocycles. The number of fused-ring (bicyclic) bond motifs is 1. The molecular weight excluding hydrogens is 244 g/mol. The highest BCUT2D eigenvalue weighted by Gasteiger charge is 2.45. The summed E-state index contributed by atoms with van der Waals surface area (Å²) in [4.78, 5) is 17.2. The SMILES string of the molecule is Cc1nc2ccc(CN(C)C3CC3C(=O)O)cc2o1. The van der Waals surface area contributed by atoms with Crippen LogP contribution in [0.15, 0.2) is 22.6 Å². The molecule has 1 fully saturated rings. The molecule has 2 atom stereocenters. The largest absolute Gasteiger partial charge is 0.481 e. The quantitative estimate of drug-likeness (QED) is 0.911. The molecule has 1 N–H and O–H groups in total. The summed E-state index contributed by atoms with van der Waals surface area (Å²) in [5.74, 6) is -0.243. The van der Waals surface area contributed by atoms with Gasteiger partial charge in [0.15, 0.2) is 11.5 Å². The van der Waals surface area contributed by atoms with Gasteiger partial charge in [0.2, 0.25) is 0 Å². The molecule has 0 saturated heterocycles. The number of rotatable bonds is 4. The van der Waals surface area contributed by atoms with E-state index in [0.717, 1.165) is 29.6 Å². The Morgan fingerprint density at radius 3 is 3.05 bits per heavy atom. The highest BCUT2D eigenvalue weighted by Crippen LogP contribution is 2.35. The van der Waals surface area contributed by atoms with Crippen molar-refractivity contribution in [2.45, 2.75) is 25.9 Å². The van der Waals surface area contributed by atoms with Gasteiger partial charge in [-0.2, -0.15) is 0 Å². The first-order valence-electron chi connectivity index (χ1n) is 6.33. The first kappa shape index (κ1) is 12.2. The van der Waals surface area contributed by atoms with Crippen LogP contribution in [0, 0.1) is 12.8 Å². The second-order valence-corrected chi connectivity index (χ2v) is 5.20. The third-order valence-corrected chi connectivity index (χ3v) is 3.63.